The SMILES string of the molecule is CCOc1ccc(/C(O)=C2/C(=O)C(=O)N(CCOC)C2c2cccc(OC(C)=O)c2)c(OCC)c1. The standard InChI is InChI=1S/C26H29NO8/c1-5-33-18-10-11-20(21(15-18)34-6-2)24(29)22-23(27(12-13-32-4)26(31)25(22)30)17-8-7-9-19(14-17)35-16(3)28/h7-11,14-15,23,29H,5-6,12-13H2,1-4H3/b24-22-. The summed E-state index contributed by atoms with van der Waals surface area (Å²) >= 11 is 0. The number of aliphatic hydroxyl groups is 1. The maximum atomic E-state index is 13.2. The first-order valence-corrected chi connectivity index (χ1v) is 11.3. The molecule has 1 aliphatic heterocycles. The summed E-state index contributed by atoms with van der Waals surface area (Å²) in [6.45, 7) is 5.97. The van der Waals surface area contributed by atoms with Crippen molar-refractivity contribution in [3.63, 3.8) is 0 Å². The van der Waals surface area contributed by atoms with E-state index < -0.39 is 23.7 Å². The van der Waals surface area contributed by atoms with E-state index in [-0.39, 0.29) is 35.8 Å². The summed E-state index contributed by atoms with van der Waals surface area (Å²) in [6.07, 6.45) is 0. The van der Waals surface area contributed by atoms with E-state index in [9.17, 15) is 19.5 Å². The average molecular weight is 484 g/mol. The molecular formula is C26H29NO8. The molecule has 0 spiro atoms. The monoisotopic (exact) mass is 483 g/mol. The normalized spacial score (nSPS) is 16.9. The fraction of sp³-hybridized carbons (Fsp3) is 0.346. The minimum atomic E-state index is -0.929. The Balaban J connectivity index is 2.19. The van der Waals surface area contributed by atoms with Crippen LogP contribution < -0.4 is 14.2 Å². The van der Waals surface area contributed by atoms with Gasteiger partial charge in [-0.05, 0) is 43.7 Å². The summed E-state index contributed by atoms with van der Waals surface area (Å²) in [7, 11) is 1.49. The first-order chi connectivity index (χ1) is 16.8. The maximum absolute atomic E-state index is 13.2. The van der Waals surface area contributed by atoms with Crippen molar-refractivity contribution in [2.75, 3.05) is 33.5 Å². The fourth-order valence-corrected chi connectivity index (χ4v) is 3.94. The van der Waals surface area contributed by atoms with Crippen molar-refractivity contribution >= 4 is 23.4 Å². The molecule has 0 bridgehead atoms. The van der Waals surface area contributed by atoms with Crippen LogP contribution in [-0.2, 0) is 19.1 Å². The van der Waals surface area contributed by atoms with Crippen LogP contribution in [0.1, 0.15) is 37.9 Å². The zero-order valence-electron chi connectivity index (χ0n) is 20.2. The number of carbonyl (C=O) groups excluding carboxylic acids is 3. The summed E-state index contributed by atoms with van der Waals surface area (Å²) < 4.78 is 21.5. The van der Waals surface area contributed by atoms with Gasteiger partial charge in [-0.2, -0.15) is 0 Å². The number of hydrogen-bond donors (Lipinski definition) is 1. The highest BCUT2D eigenvalue weighted by Crippen LogP contribution is 2.42. The van der Waals surface area contributed by atoms with E-state index in [1.807, 2.05) is 6.92 Å². The zero-order valence-corrected chi connectivity index (χ0v) is 20.2. The number of rotatable bonds is 10. The number of ether oxygens (including phenoxy) is 4. The Morgan fingerprint density at radius 1 is 1.03 bits per heavy atom. The molecule has 1 heterocycles. The molecule has 1 unspecified atom stereocenters. The summed E-state index contributed by atoms with van der Waals surface area (Å²) in [6, 6.07) is 10.4. The van der Waals surface area contributed by atoms with E-state index in [2.05, 4.69) is 0 Å². The number of Topliss-reactive ketones (excluding diaryl/α,β-unsaturated/α-hetero) is 1. The van der Waals surface area contributed by atoms with Gasteiger partial charge in [0.05, 0.1) is 37.0 Å². The number of ketones is 1. The van der Waals surface area contributed by atoms with Gasteiger partial charge in [-0.15, -0.1) is 0 Å². The van der Waals surface area contributed by atoms with Gasteiger partial charge in [0, 0.05) is 26.6 Å². The Morgan fingerprint density at radius 2 is 1.77 bits per heavy atom. The molecule has 35 heavy (non-hydrogen) atoms. The third-order valence-electron chi connectivity index (χ3n) is 5.33. The summed E-state index contributed by atoms with van der Waals surface area (Å²) in [4.78, 5) is 39.0. The Labute approximate surface area is 203 Å². The minimum Gasteiger partial charge on any atom is -0.507 e. The lowest BCUT2D eigenvalue weighted by molar-refractivity contribution is -0.140. The summed E-state index contributed by atoms with van der Waals surface area (Å²) in [5.74, 6) is -1.38. The molecule has 1 saturated heterocycles. The van der Waals surface area contributed by atoms with Crippen molar-refractivity contribution in [1.29, 1.82) is 0 Å². The second-order valence-electron chi connectivity index (χ2n) is 7.68. The first kappa shape index (κ1) is 25.8. The molecule has 0 saturated carbocycles. The van der Waals surface area contributed by atoms with Crippen LogP contribution in [-0.4, -0.2) is 61.1 Å². The number of hydrogen-bond acceptors (Lipinski definition) is 8. The molecule has 0 aromatic heterocycles. The molecule has 1 amide bonds. The van der Waals surface area contributed by atoms with Gasteiger partial charge in [0.15, 0.2) is 0 Å². The molecule has 1 fully saturated rings. The van der Waals surface area contributed by atoms with Crippen LogP contribution in [0.5, 0.6) is 17.2 Å². The molecule has 2 aromatic carbocycles. The zero-order chi connectivity index (χ0) is 25.5. The highest BCUT2D eigenvalue weighted by atomic mass is 16.5. The first-order valence-electron chi connectivity index (χ1n) is 11.3. The van der Waals surface area contributed by atoms with E-state index in [4.69, 9.17) is 18.9 Å². The van der Waals surface area contributed by atoms with Gasteiger partial charge in [-0.25, -0.2) is 0 Å². The van der Waals surface area contributed by atoms with Crippen LogP contribution in [0.15, 0.2) is 48.0 Å². The number of likely N-dealkylation sites (tertiary alicyclic amines) is 1. The second kappa shape index (κ2) is 11.5. The fourth-order valence-electron chi connectivity index (χ4n) is 3.94. The van der Waals surface area contributed by atoms with Crippen LogP contribution in [0.2, 0.25) is 0 Å². The van der Waals surface area contributed by atoms with Gasteiger partial charge >= 0.3 is 5.97 Å². The molecule has 0 radical (unpaired) electrons. The number of esters is 1. The summed E-state index contributed by atoms with van der Waals surface area (Å²) in [5.41, 5.74) is 0.641. The van der Waals surface area contributed by atoms with Gasteiger partial charge in [0.2, 0.25) is 0 Å². The molecule has 1 aliphatic rings. The molecular weight excluding hydrogens is 454 g/mol. The third kappa shape index (κ3) is 5.63. The topological polar surface area (TPSA) is 112 Å². The molecule has 9 nitrogen and oxygen atoms in total. The predicted octanol–water partition coefficient (Wildman–Crippen LogP) is 3.48. The maximum Gasteiger partial charge on any atom is 0.308 e. The number of carbonyl (C=O) groups is 3. The lowest BCUT2D eigenvalue weighted by Gasteiger charge is -2.25. The van der Waals surface area contributed by atoms with Gasteiger partial charge in [-0.3, -0.25) is 14.4 Å². The van der Waals surface area contributed by atoms with Gasteiger partial charge < -0.3 is 29.0 Å². The quantitative estimate of drug-likeness (QED) is 0.180. The number of aliphatic hydroxyl groups excluding tert-OH is 1. The molecule has 186 valence electrons. The van der Waals surface area contributed by atoms with Crippen molar-refractivity contribution in [1.82, 2.24) is 4.90 Å². The van der Waals surface area contributed by atoms with E-state index in [1.54, 1.807) is 49.4 Å². The lowest BCUT2D eigenvalue weighted by Crippen LogP contribution is -2.32. The van der Waals surface area contributed by atoms with Crippen LogP contribution in [0.25, 0.3) is 5.76 Å². The highest BCUT2D eigenvalue weighted by molar-refractivity contribution is 6.46. The van der Waals surface area contributed by atoms with Crippen LogP contribution in [0.4, 0.5) is 0 Å². The molecule has 2 aromatic rings. The van der Waals surface area contributed by atoms with E-state index in [1.165, 1.54) is 18.9 Å². The second-order valence-corrected chi connectivity index (χ2v) is 7.68. The van der Waals surface area contributed by atoms with E-state index in [0.717, 1.165) is 0 Å². The van der Waals surface area contributed by atoms with Crippen molar-refractivity contribution in [2.45, 2.75) is 26.8 Å². The molecule has 9 heteroatoms. The third-order valence-corrected chi connectivity index (χ3v) is 5.33. The van der Waals surface area contributed by atoms with Crippen molar-refractivity contribution < 1.29 is 38.4 Å². The average Bonchev–Trinajstić information content (AvgIpc) is 3.07. The van der Waals surface area contributed by atoms with Gasteiger partial charge in [0.25, 0.3) is 11.7 Å². The minimum absolute atomic E-state index is 0.101. The van der Waals surface area contributed by atoms with Crippen molar-refractivity contribution in [2.24, 2.45) is 0 Å². The molecule has 3 rings (SSSR count). The smallest absolute Gasteiger partial charge is 0.308 e. The van der Waals surface area contributed by atoms with Crippen LogP contribution >= 0.6 is 0 Å². The Morgan fingerprint density at radius 3 is 2.43 bits per heavy atom. The van der Waals surface area contributed by atoms with E-state index >= 15 is 0 Å². The number of nitrogens with zero attached hydrogens (tertiary/aromatic N) is 1. The molecule has 1 N–H and O–H groups in total. The molecule has 0 aliphatic carbocycles. The highest BCUT2D eigenvalue weighted by Gasteiger charge is 2.46. The molecule has 1 atom stereocenters. The Hall–Kier alpha value is -3.85. The predicted molar refractivity (Wildman–Crippen MR) is 127 cm³/mol. The Kier molecular flexibility index (Phi) is 8.48. The van der Waals surface area contributed by atoms with Crippen LogP contribution in [0, 0.1) is 0 Å². The van der Waals surface area contributed by atoms with Crippen LogP contribution in [0.3, 0.4) is 0 Å². The number of methoxy groups -OCH3 is 1. The Bertz CT molecular complexity index is 1140. The van der Waals surface area contributed by atoms with Gasteiger partial charge in [-0.1, -0.05) is 12.1 Å². The largest absolute Gasteiger partial charge is 0.507 e. The summed E-state index contributed by atoms with van der Waals surface area (Å²) in [5, 5.41) is 11.4. The lowest BCUT2D eigenvalue weighted by atomic mass is 9.94. The van der Waals surface area contributed by atoms with Crippen molar-refractivity contribution in [3.05, 3.63) is 59.2 Å². The van der Waals surface area contributed by atoms with Crippen molar-refractivity contribution in [3.8, 4) is 17.2 Å². The number of benzene rings is 2. The van der Waals surface area contributed by atoms with E-state index in [0.29, 0.717) is 30.3 Å². The van der Waals surface area contributed by atoms with Gasteiger partial charge in [0.1, 0.15) is 23.0 Å². The number of amides is 1.